The SMILES string of the molecule is C=C.C=C(CC(=O)O)C(=O)O.C=CCCC=C. The normalized spacial score (nSPS) is 7.29. The lowest BCUT2D eigenvalue weighted by Gasteiger charge is -1.91. The number of carboxylic acid groups (broad SMARTS) is 2. The molecule has 0 fully saturated rings. The molecule has 0 spiro atoms. The molecule has 4 nitrogen and oxygen atoms in total. The molecule has 0 aromatic rings. The summed E-state index contributed by atoms with van der Waals surface area (Å²) in [5, 5.41) is 16.1. The van der Waals surface area contributed by atoms with E-state index in [0.29, 0.717) is 0 Å². The first-order valence-corrected chi connectivity index (χ1v) is 4.80. The molecule has 96 valence electrons. The van der Waals surface area contributed by atoms with Gasteiger partial charge in [-0.2, -0.15) is 0 Å². The Hall–Kier alpha value is -2.10. The van der Waals surface area contributed by atoms with Crippen LogP contribution in [0.1, 0.15) is 19.3 Å². The van der Waals surface area contributed by atoms with E-state index in [4.69, 9.17) is 10.2 Å². The van der Waals surface area contributed by atoms with Crippen LogP contribution in [0, 0.1) is 0 Å². The Labute approximate surface area is 102 Å². The second-order valence-electron chi connectivity index (χ2n) is 2.63. The lowest BCUT2D eigenvalue weighted by Crippen LogP contribution is -2.04. The van der Waals surface area contributed by atoms with Crippen molar-refractivity contribution in [2.75, 3.05) is 0 Å². The molecule has 0 aliphatic heterocycles. The highest BCUT2D eigenvalue weighted by Crippen LogP contribution is 1.95. The summed E-state index contributed by atoms with van der Waals surface area (Å²) in [7, 11) is 0. The van der Waals surface area contributed by atoms with E-state index in [1.165, 1.54) is 0 Å². The molecule has 4 heteroatoms. The van der Waals surface area contributed by atoms with Gasteiger partial charge in [-0.1, -0.05) is 18.7 Å². The van der Waals surface area contributed by atoms with Crippen molar-refractivity contribution in [2.45, 2.75) is 19.3 Å². The molecule has 17 heavy (non-hydrogen) atoms. The van der Waals surface area contributed by atoms with E-state index in [-0.39, 0.29) is 5.57 Å². The van der Waals surface area contributed by atoms with Crippen molar-refractivity contribution in [1.82, 2.24) is 0 Å². The summed E-state index contributed by atoms with van der Waals surface area (Å²) in [6.45, 7) is 16.1. The zero-order valence-corrected chi connectivity index (χ0v) is 10.0. The van der Waals surface area contributed by atoms with Crippen LogP contribution in [0.4, 0.5) is 0 Å². The van der Waals surface area contributed by atoms with E-state index in [0.717, 1.165) is 12.8 Å². The van der Waals surface area contributed by atoms with Crippen molar-refractivity contribution in [3.05, 3.63) is 50.6 Å². The van der Waals surface area contributed by atoms with Gasteiger partial charge in [0.25, 0.3) is 0 Å². The summed E-state index contributed by atoms with van der Waals surface area (Å²) in [5.74, 6) is -2.44. The molecule has 0 atom stereocenters. The summed E-state index contributed by atoms with van der Waals surface area (Å²) >= 11 is 0. The maximum absolute atomic E-state index is 9.87. The number of rotatable bonds is 6. The predicted octanol–water partition coefficient (Wildman–Crippen LogP) is 3.04. The minimum atomic E-state index is -1.27. The van der Waals surface area contributed by atoms with Crippen LogP contribution in [0.5, 0.6) is 0 Å². The van der Waals surface area contributed by atoms with Crippen molar-refractivity contribution in [3.63, 3.8) is 0 Å². The first-order valence-electron chi connectivity index (χ1n) is 4.80. The Bertz CT molecular complexity index is 259. The van der Waals surface area contributed by atoms with Crippen molar-refractivity contribution >= 4 is 11.9 Å². The predicted molar refractivity (Wildman–Crippen MR) is 69.9 cm³/mol. The fraction of sp³-hybridized carbons (Fsp3) is 0.231. The molecule has 0 amide bonds. The highest BCUT2D eigenvalue weighted by atomic mass is 16.4. The third-order valence-corrected chi connectivity index (χ3v) is 1.24. The number of carboxylic acids is 2. The first-order chi connectivity index (χ1) is 7.95. The van der Waals surface area contributed by atoms with Gasteiger partial charge in [0.05, 0.1) is 6.42 Å². The molecule has 0 rings (SSSR count). The van der Waals surface area contributed by atoms with Gasteiger partial charge in [-0.25, -0.2) is 4.79 Å². The summed E-state index contributed by atoms with van der Waals surface area (Å²) < 4.78 is 0. The molecule has 0 aliphatic rings. The first kappa shape index (κ1) is 20.3. The van der Waals surface area contributed by atoms with Gasteiger partial charge >= 0.3 is 11.9 Å². The average molecular weight is 240 g/mol. The van der Waals surface area contributed by atoms with Crippen LogP contribution >= 0.6 is 0 Å². The van der Waals surface area contributed by atoms with Crippen LogP contribution in [0.15, 0.2) is 50.6 Å². The fourth-order valence-corrected chi connectivity index (χ4v) is 0.494. The number of carbonyl (C=O) groups is 2. The van der Waals surface area contributed by atoms with Crippen LogP contribution in [-0.2, 0) is 9.59 Å². The summed E-state index contributed by atoms with van der Waals surface area (Å²) in [6.07, 6.45) is 5.39. The van der Waals surface area contributed by atoms with Gasteiger partial charge in [-0.15, -0.1) is 26.3 Å². The lowest BCUT2D eigenvalue weighted by atomic mass is 10.2. The molecule has 0 aliphatic carbocycles. The Morgan fingerprint density at radius 3 is 1.47 bits per heavy atom. The second kappa shape index (κ2) is 16.3. The van der Waals surface area contributed by atoms with E-state index in [2.05, 4.69) is 32.9 Å². The third-order valence-electron chi connectivity index (χ3n) is 1.24. The smallest absolute Gasteiger partial charge is 0.331 e. The Morgan fingerprint density at radius 2 is 1.35 bits per heavy atom. The minimum Gasteiger partial charge on any atom is -0.481 e. The van der Waals surface area contributed by atoms with Crippen LogP contribution in [0.3, 0.4) is 0 Å². The number of unbranched alkanes of at least 4 members (excludes halogenated alkanes) is 1. The molecule has 0 saturated carbocycles. The standard InChI is InChI=1S/C6H10.C5H6O4.C2H4/c1-3-5-6-4-2;1-3(5(8)9)2-4(6)7;1-2/h3-4H,1-2,5-6H2;1-2H2,(H,6,7)(H,8,9);1-2H2. The number of allylic oxidation sites excluding steroid dienone is 2. The fourth-order valence-electron chi connectivity index (χ4n) is 0.494. The summed E-state index contributed by atoms with van der Waals surface area (Å²) in [6, 6.07) is 0. The largest absolute Gasteiger partial charge is 0.481 e. The van der Waals surface area contributed by atoms with Gasteiger partial charge in [0, 0.05) is 5.57 Å². The molecular formula is C13H20O4. The molecule has 2 N–H and O–H groups in total. The molecule has 0 aromatic heterocycles. The van der Waals surface area contributed by atoms with Crippen LogP contribution in [-0.4, -0.2) is 22.2 Å². The number of aliphatic carboxylic acids is 2. The van der Waals surface area contributed by atoms with Crippen molar-refractivity contribution in [2.24, 2.45) is 0 Å². The Morgan fingerprint density at radius 1 is 1.00 bits per heavy atom. The Kier molecular flexibility index (Phi) is 19.5. The lowest BCUT2D eigenvalue weighted by molar-refractivity contribution is -0.139. The van der Waals surface area contributed by atoms with E-state index in [1.807, 2.05) is 12.2 Å². The molecule has 0 bridgehead atoms. The second-order valence-corrected chi connectivity index (χ2v) is 2.63. The van der Waals surface area contributed by atoms with E-state index < -0.39 is 18.4 Å². The summed E-state index contributed by atoms with van der Waals surface area (Å²) in [4.78, 5) is 19.7. The zero-order valence-electron chi connectivity index (χ0n) is 10.0. The molecule has 0 radical (unpaired) electrons. The maximum atomic E-state index is 9.87. The van der Waals surface area contributed by atoms with Crippen LogP contribution in [0.2, 0.25) is 0 Å². The minimum absolute atomic E-state index is 0.303. The molecule has 0 saturated heterocycles. The van der Waals surface area contributed by atoms with Gasteiger partial charge in [-0.05, 0) is 12.8 Å². The quantitative estimate of drug-likeness (QED) is 0.425. The van der Waals surface area contributed by atoms with E-state index >= 15 is 0 Å². The van der Waals surface area contributed by atoms with E-state index in [9.17, 15) is 9.59 Å². The van der Waals surface area contributed by atoms with Crippen LogP contribution in [0.25, 0.3) is 0 Å². The number of hydrogen-bond acceptors (Lipinski definition) is 2. The third kappa shape index (κ3) is 24.9. The van der Waals surface area contributed by atoms with Gasteiger partial charge in [-0.3, -0.25) is 4.79 Å². The highest BCUT2D eigenvalue weighted by molar-refractivity contribution is 5.91. The van der Waals surface area contributed by atoms with Gasteiger partial charge in [0.15, 0.2) is 0 Å². The maximum Gasteiger partial charge on any atom is 0.331 e. The number of hydrogen-bond donors (Lipinski definition) is 2. The van der Waals surface area contributed by atoms with Gasteiger partial charge in [0.1, 0.15) is 0 Å². The van der Waals surface area contributed by atoms with Crippen molar-refractivity contribution < 1.29 is 19.8 Å². The zero-order chi connectivity index (χ0) is 14.3. The Balaban J connectivity index is -0.000000213. The molecule has 0 heterocycles. The monoisotopic (exact) mass is 240 g/mol. The van der Waals surface area contributed by atoms with Crippen molar-refractivity contribution in [1.29, 1.82) is 0 Å². The van der Waals surface area contributed by atoms with Gasteiger partial charge < -0.3 is 10.2 Å². The average Bonchev–Trinajstić information content (AvgIpc) is 2.29. The van der Waals surface area contributed by atoms with Crippen molar-refractivity contribution in [3.8, 4) is 0 Å². The van der Waals surface area contributed by atoms with Crippen LogP contribution < -0.4 is 0 Å². The summed E-state index contributed by atoms with van der Waals surface area (Å²) in [5.41, 5.74) is -0.303. The molecular weight excluding hydrogens is 220 g/mol. The van der Waals surface area contributed by atoms with Gasteiger partial charge in [0.2, 0.25) is 0 Å². The highest BCUT2D eigenvalue weighted by Gasteiger charge is 2.07. The van der Waals surface area contributed by atoms with E-state index in [1.54, 1.807) is 0 Å². The molecule has 0 unspecified atom stereocenters. The molecule has 0 aromatic carbocycles. The topological polar surface area (TPSA) is 74.6 Å².